The molecule has 1 saturated heterocycles. The van der Waals surface area contributed by atoms with Crippen molar-refractivity contribution >= 4 is 5.91 Å². The number of hydrogen-bond acceptors (Lipinski definition) is 3. The average Bonchev–Trinajstić information content (AvgIpc) is 3.15. The van der Waals surface area contributed by atoms with E-state index in [9.17, 15) is 9.90 Å². The predicted molar refractivity (Wildman–Crippen MR) is 89.3 cm³/mol. The number of carbonyl (C=O) groups is 1. The minimum atomic E-state index is -0.644. The minimum absolute atomic E-state index is 0.0890. The Bertz CT molecular complexity index is 549. The molecule has 0 aromatic carbocycles. The van der Waals surface area contributed by atoms with Crippen molar-refractivity contribution in [3.8, 4) is 0 Å². The van der Waals surface area contributed by atoms with Crippen LogP contribution < -0.4 is 0 Å². The summed E-state index contributed by atoms with van der Waals surface area (Å²) in [6.07, 6.45) is 9.55. The highest BCUT2D eigenvalue weighted by Gasteiger charge is 2.45. The molecular weight excluding hydrogens is 290 g/mol. The second-order valence-corrected chi connectivity index (χ2v) is 7.43. The number of aliphatic hydroxyl groups is 1. The van der Waals surface area contributed by atoms with Crippen molar-refractivity contribution in [1.29, 1.82) is 0 Å². The van der Waals surface area contributed by atoms with Gasteiger partial charge in [-0.2, -0.15) is 0 Å². The largest absolute Gasteiger partial charge is 0.469 e. The first-order chi connectivity index (χ1) is 11.0. The van der Waals surface area contributed by atoms with Crippen LogP contribution in [-0.2, 0) is 6.42 Å². The van der Waals surface area contributed by atoms with Gasteiger partial charge in [0, 0.05) is 24.9 Å². The third-order valence-corrected chi connectivity index (χ3v) is 5.72. The van der Waals surface area contributed by atoms with Crippen LogP contribution in [0.25, 0.3) is 0 Å². The second-order valence-electron chi connectivity index (χ2n) is 7.43. The quantitative estimate of drug-likeness (QED) is 0.919. The Labute approximate surface area is 138 Å². The summed E-state index contributed by atoms with van der Waals surface area (Å²) >= 11 is 0. The van der Waals surface area contributed by atoms with Crippen molar-refractivity contribution in [3.63, 3.8) is 0 Å². The van der Waals surface area contributed by atoms with E-state index < -0.39 is 5.60 Å². The number of likely N-dealkylation sites (tertiary alicyclic amines) is 1. The molecule has 3 rings (SSSR count). The van der Waals surface area contributed by atoms with Gasteiger partial charge in [-0.1, -0.05) is 19.8 Å². The maximum Gasteiger partial charge on any atom is 0.257 e. The van der Waals surface area contributed by atoms with E-state index in [4.69, 9.17) is 4.42 Å². The average molecular weight is 319 g/mol. The molecule has 4 nitrogen and oxygen atoms in total. The van der Waals surface area contributed by atoms with Crippen molar-refractivity contribution in [1.82, 2.24) is 4.90 Å². The zero-order chi connectivity index (χ0) is 16.4. The summed E-state index contributed by atoms with van der Waals surface area (Å²) in [5.74, 6) is 1.09. The Morgan fingerprint density at radius 3 is 2.96 bits per heavy atom. The van der Waals surface area contributed by atoms with Crippen molar-refractivity contribution in [2.24, 2.45) is 5.92 Å². The van der Waals surface area contributed by atoms with Crippen LogP contribution in [0, 0.1) is 5.92 Å². The monoisotopic (exact) mass is 319 g/mol. The Morgan fingerprint density at radius 1 is 1.39 bits per heavy atom. The van der Waals surface area contributed by atoms with Gasteiger partial charge in [-0.25, -0.2) is 0 Å². The first-order valence-electron chi connectivity index (χ1n) is 9.14. The molecule has 1 N–H and O–H groups in total. The van der Waals surface area contributed by atoms with Gasteiger partial charge in [0.15, 0.2) is 0 Å². The maximum absolute atomic E-state index is 13.1. The van der Waals surface area contributed by atoms with E-state index >= 15 is 0 Å². The fourth-order valence-electron chi connectivity index (χ4n) is 4.52. The third-order valence-electron chi connectivity index (χ3n) is 5.72. The van der Waals surface area contributed by atoms with Crippen LogP contribution in [-0.4, -0.2) is 34.1 Å². The number of hydrogen-bond donors (Lipinski definition) is 1. The molecule has 1 amide bonds. The molecule has 0 unspecified atom stereocenters. The summed E-state index contributed by atoms with van der Waals surface area (Å²) in [7, 11) is 0. The molecule has 4 heteroatoms. The standard InChI is InChI=1S/C19H29NO3/c1-3-7-17-14(10-13-23-17)18(21)20-12-6-9-16(20)15-8-4-5-11-19(15,2)22/h10,13,15-16,22H,3-9,11-12H2,1-2H3/t15-,16-,19+/m1/s1. The lowest BCUT2D eigenvalue weighted by molar-refractivity contribution is -0.0577. The highest BCUT2D eigenvalue weighted by molar-refractivity contribution is 5.95. The molecule has 1 aromatic heterocycles. The lowest BCUT2D eigenvalue weighted by Crippen LogP contribution is -2.50. The van der Waals surface area contributed by atoms with Gasteiger partial charge in [-0.05, 0) is 45.1 Å². The van der Waals surface area contributed by atoms with Crippen molar-refractivity contribution < 1.29 is 14.3 Å². The molecule has 1 saturated carbocycles. The normalized spacial score (nSPS) is 31.5. The molecule has 1 aromatic rings. The molecular formula is C19H29NO3. The van der Waals surface area contributed by atoms with E-state index in [1.54, 1.807) is 6.26 Å². The van der Waals surface area contributed by atoms with Crippen LogP contribution in [0.1, 0.15) is 74.9 Å². The molecule has 2 aliphatic rings. The molecule has 23 heavy (non-hydrogen) atoms. The van der Waals surface area contributed by atoms with E-state index in [2.05, 4.69) is 6.92 Å². The van der Waals surface area contributed by atoms with Gasteiger partial charge in [-0.3, -0.25) is 4.79 Å². The zero-order valence-electron chi connectivity index (χ0n) is 14.4. The van der Waals surface area contributed by atoms with Crippen molar-refractivity contribution in [2.75, 3.05) is 6.54 Å². The van der Waals surface area contributed by atoms with Gasteiger partial charge in [-0.15, -0.1) is 0 Å². The lowest BCUT2D eigenvalue weighted by Gasteiger charge is -2.43. The molecule has 0 radical (unpaired) electrons. The molecule has 0 bridgehead atoms. The van der Waals surface area contributed by atoms with Gasteiger partial charge >= 0.3 is 0 Å². The number of rotatable bonds is 4. The first kappa shape index (κ1) is 16.6. The maximum atomic E-state index is 13.1. The van der Waals surface area contributed by atoms with Gasteiger partial charge in [0.1, 0.15) is 5.76 Å². The van der Waals surface area contributed by atoms with Crippen LogP contribution in [0.4, 0.5) is 0 Å². The topological polar surface area (TPSA) is 53.7 Å². The van der Waals surface area contributed by atoms with Crippen molar-refractivity contribution in [2.45, 2.75) is 76.9 Å². The van der Waals surface area contributed by atoms with E-state index in [0.717, 1.165) is 63.7 Å². The number of nitrogens with zero attached hydrogens (tertiary/aromatic N) is 1. The summed E-state index contributed by atoms with van der Waals surface area (Å²) in [5.41, 5.74) is 0.0724. The Morgan fingerprint density at radius 2 is 2.22 bits per heavy atom. The summed E-state index contributed by atoms with van der Waals surface area (Å²) in [6.45, 7) is 4.85. The molecule has 1 aliphatic heterocycles. The molecule has 1 aliphatic carbocycles. The minimum Gasteiger partial charge on any atom is -0.469 e. The fraction of sp³-hybridized carbons (Fsp3) is 0.737. The van der Waals surface area contributed by atoms with E-state index in [-0.39, 0.29) is 17.9 Å². The molecule has 2 heterocycles. The Kier molecular flexibility index (Phi) is 4.81. The fourth-order valence-corrected chi connectivity index (χ4v) is 4.52. The second kappa shape index (κ2) is 6.68. The molecule has 3 atom stereocenters. The number of amides is 1. The van der Waals surface area contributed by atoms with Gasteiger partial charge in [0.25, 0.3) is 5.91 Å². The third kappa shape index (κ3) is 3.18. The van der Waals surface area contributed by atoms with Gasteiger partial charge in [0.2, 0.25) is 0 Å². The van der Waals surface area contributed by atoms with Crippen molar-refractivity contribution in [3.05, 3.63) is 23.7 Å². The van der Waals surface area contributed by atoms with Crippen LogP contribution in [0.3, 0.4) is 0 Å². The number of furan rings is 1. The molecule has 0 spiro atoms. The van der Waals surface area contributed by atoms with Crippen LogP contribution >= 0.6 is 0 Å². The van der Waals surface area contributed by atoms with E-state index in [1.807, 2.05) is 17.9 Å². The first-order valence-corrected chi connectivity index (χ1v) is 9.14. The van der Waals surface area contributed by atoms with E-state index in [1.165, 1.54) is 0 Å². The van der Waals surface area contributed by atoms with Gasteiger partial charge in [0.05, 0.1) is 17.4 Å². The van der Waals surface area contributed by atoms with E-state index in [0.29, 0.717) is 5.56 Å². The number of carbonyl (C=O) groups excluding carboxylic acids is 1. The summed E-state index contributed by atoms with van der Waals surface area (Å²) in [4.78, 5) is 15.1. The highest BCUT2D eigenvalue weighted by Crippen LogP contribution is 2.41. The molecule has 128 valence electrons. The highest BCUT2D eigenvalue weighted by atomic mass is 16.3. The Hall–Kier alpha value is -1.29. The van der Waals surface area contributed by atoms with Crippen LogP contribution in [0.2, 0.25) is 0 Å². The predicted octanol–water partition coefficient (Wildman–Crippen LogP) is 3.78. The van der Waals surface area contributed by atoms with Gasteiger partial charge < -0.3 is 14.4 Å². The Balaban J connectivity index is 1.81. The summed E-state index contributed by atoms with van der Waals surface area (Å²) < 4.78 is 5.51. The van der Waals surface area contributed by atoms with Crippen LogP contribution in [0.15, 0.2) is 16.7 Å². The smallest absolute Gasteiger partial charge is 0.257 e. The van der Waals surface area contributed by atoms with Crippen LogP contribution in [0.5, 0.6) is 0 Å². The molecule has 2 fully saturated rings. The number of aryl methyl sites for hydroxylation is 1. The zero-order valence-corrected chi connectivity index (χ0v) is 14.4. The summed E-state index contributed by atoms with van der Waals surface area (Å²) in [5, 5.41) is 10.8. The SMILES string of the molecule is CCCc1occc1C(=O)N1CCC[C@@H]1[C@H]1CCCC[C@]1(C)O. The lowest BCUT2D eigenvalue weighted by atomic mass is 9.72. The summed E-state index contributed by atoms with van der Waals surface area (Å²) in [6, 6.07) is 1.98.